The van der Waals surface area contributed by atoms with Crippen molar-refractivity contribution >= 4 is 11.9 Å². The number of benzene rings is 1. The molecule has 0 fully saturated rings. The quantitative estimate of drug-likeness (QED) is 0.481. The molecule has 0 radical (unpaired) electrons. The minimum absolute atomic E-state index is 0. The van der Waals surface area contributed by atoms with Gasteiger partial charge in [0.25, 0.3) is 0 Å². The molecule has 1 unspecified atom stereocenters. The second-order valence-corrected chi connectivity index (χ2v) is 3.66. The lowest BCUT2D eigenvalue weighted by Gasteiger charge is -2.14. The first-order chi connectivity index (χ1) is 8.97. The predicted molar refractivity (Wildman–Crippen MR) is 74.4 cm³/mol. The lowest BCUT2D eigenvalue weighted by molar-refractivity contribution is -0.144. The molecule has 0 aliphatic heterocycles. The van der Waals surface area contributed by atoms with Crippen molar-refractivity contribution in [2.45, 2.75) is 27.4 Å². The van der Waals surface area contributed by atoms with E-state index in [1.54, 1.807) is 12.1 Å². The molecular weight excluding hydrogens is 260 g/mol. The molecule has 0 saturated heterocycles. The van der Waals surface area contributed by atoms with E-state index in [0.29, 0.717) is 11.3 Å². The molecule has 0 amide bonds. The highest BCUT2D eigenvalue weighted by Crippen LogP contribution is 2.31. The monoisotopic (exact) mass is 278 g/mol. The summed E-state index contributed by atoms with van der Waals surface area (Å²) < 4.78 is 15.0. The molecular formula is C15H18O5. The SMILES string of the molecule is C.C#CC(OC(C)=O)c1ccc(OC(C)=O)c(OC)c1. The van der Waals surface area contributed by atoms with E-state index < -0.39 is 18.0 Å². The van der Waals surface area contributed by atoms with E-state index in [1.807, 2.05) is 0 Å². The fourth-order valence-electron chi connectivity index (χ4n) is 1.45. The number of carbonyl (C=O) groups is 2. The first-order valence-corrected chi connectivity index (χ1v) is 5.47. The number of rotatable bonds is 4. The van der Waals surface area contributed by atoms with E-state index >= 15 is 0 Å². The maximum Gasteiger partial charge on any atom is 0.308 e. The van der Waals surface area contributed by atoms with Crippen molar-refractivity contribution in [1.29, 1.82) is 0 Å². The molecule has 0 heterocycles. The first kappa shape index (κ1) is 17.5. The largest absolute Gasteiger partial charge is 0.493 e. The van der Waals surface area contributed by atoms with Crippen LogP contribution in [0.5, 0.6) is 11.5 Å². The van der Waals surface area contributed by atoms with Crippen LogP contribution in [0.3, 0.4) is 0 Å². The Bertz CT molecular complexity index is 528. The highest BCUT2D eigenvalue weighted by atomic mass is 16.6. The zero-order valence-electron chi connectivity index (χ0n) is 10.9. The molecule has 0 saturated carbocycles. The van der Waals surface area contributed by atoms with Crippen molar-refractivity contribution in [3.8, 4) is 23.8 Å². The van der Waals surface area contributed by atoms with Crippen molar-refractivity contribution in [2.24, 2.45) is 0 Å². The number of methoxy groups -OCH3 is 1. The number of terminal acetylenes is 1. The smallest absolute Gasteiger partial charge is 0.308 e. The summed E-state index contributed by atoms with van der Waals surface area (Å²) in [6, 6.07) is 4.70. The van der Waals surface area contributed by atoms with Gasteiger partial charge in [-0.15, -0.1) is 6.42 Å². The molecule has 108 valence electrons. The average molecular weight is 278 g/mol. The lowest BCUT2D eigenvalue weighted by Crippen LogP contribution is -2.08. The second kappa shape index (κ2) is 7.85. The summed E-state index contributed by atoms with van der Waals surface area (Å²) in [5.74, 6) is 2.02. The Balaban J connectivity index is 0.00000361. The van der Waals surface area contributed by atoms with Crippen LogP contribution in [0.2, 0.25) is 0 Å². The van der Waals surface area contributed by atoms with Crippen LogP contribution < -0.4 is 9.47 Å². The van der Waals surface area contributed by atoms with E-state index in [-0.39, 0.29) is 13.2 Å². The van der Waals surface area contributed by atoms with E-state index in [2.05, 4.69) is 5.92 Å². The molecule has 0 aliphatic carbocycles. The molecule has 1 aromatic carbocycles. The molecule has 5 nitrogen and oxygen atoms in total. The highest BCUT2D eigenvalue weighted by molar-refractivity contribution is 5.70. The van der Waals surface area contributed by atoms with Gasteiger partial charge in [-0.1, -0.05) is 19.4 Å². The van der Waals surface area contributed by atoms with Gasteiger partial charge in [0.05, 0.1) is 7.11 Å². The number of esters is 2. The Hall–Kier alpha value is -2.48. The van der Waals surface area contributed by atoms with Gasteiger partial charge in [0.2, 0.25) is 0 Å². The molecule has 0 N–H and O–H groups in total. The molecule has 5 heteroatoms. The number of hydrogen-bond acceptors (Lipinski definition) is 5. The first-order valence-electron chi connectivity index (χ1n) is 5.47. The molecule has 20 heavy (non-hydrogen) atoms. The molecule has 0 spiro atoms. The fraction of sp³-hybridized carbons (Fsp3) is 0.333. The Morgan fingerprint density at radius 1 is 1.20 bits per heavy atom. The van der Waals surface area contributed by atoms with E-state index in [9.17, 15) is 9.59 Å². The minimum atomic E-state index is -0.808. The summed E-state index contributed by atoms with van der Waals surface area (Å²) in [6.07, 6.45) is 4.50. The molecule has 0 aromatic heterocycles. The maximum absolute atomic E-state index is 10.9. The number of hydrogen-bond donors (Lipinski definition) is 0. The van der Waals surface area contributed by atoms with Gasteiger partial charge in [-0.25, -0.2) is 0 Å². The maximum atomic E-state index is 10.9. The summed E-state index contributed by atoms with van der Waals surface area (Å²) in [7, 11) is 1.43. The van der Waals surface area contributed by atoms with E-state index in [4.69, 9.17) is 20.6 Å². The minimum Gasteiger partial charge on any atom is -0.493 e. The van der Waals surface area contributed by atoms with Crippen LogP contribution in [0.1, 0.15) is 32.9 Å². The molecule has 0 bridgehead atoms. The summed E-state index contributed by atoms with van der Waals surface area (Å²) in [5.41, 5.74) is 0.561. The Labute approximate surface area is 118 Å². The molecule has 1 atom stereocenters. The highest BCUT2D eigenvalue weighted by Gasteiger charge is 2.15. The van der Waals surface area contributed by atoms with Crippen LogP contribution >= 0.6 is 0 Å². The Morgan fingerprint density at radius 3 is 2.30 bits per heavy atom. The zero-order valence-corrected chi connectivity index (χ0v) is 10.9. The van der Waals surface area contributed by atoms with Crippen LogP contribution in [-0.2, 0) is 14.3 Å². The van der Waals surface area contributed by atoms with Crippen molar-refractivity contribution in [3.63, 3.8) is 0 Å². The summed E-state index contributed by atoms with van der Waals surface area (Å²) in [4.78, 5) is 21.9. The van der Waals surface area contributed by atoms with Gasteiger partial charge in [0.1, 0.15) is 0 Å². The van der Waals surface area contributed by atoms with Crippen LogP contribution in [0.15, 0.2) is 18.2 Å². The van der Waals surface area contributed by atoms with Gasteiger partial charge >= 0.3 is 11.9 Å². The zero-order chi connectivity index (χ0) is 14.4. The van der Waals surface area contributed by atoms with Gasteiger partial charge in [0, 0.05) is 19.4 Å². The average Bonchev–Trinajstić information content (AvgIpc) is 2.35. The Kier molecular flexibility index (Phi) is 6.87. The number of carbonyl (C=O) groups excluding carboxylic acids is 2. The second-order valence-electron chi connectivity index (χ2n) is 3.66. The lowest BCUT2D eigenvalue weighted by atomic mass is 10.1. The Morgan fingerprint density at radius 2 is 1.85 bits per heavy atom. The third kappa shape index (κ3) is 4.65. The molecule has 1 rings (SSSR count). The predicted octanol–water partition coefficient (Wildman–Crippen LogP) is 2.49. The van der Waals surface area contributed by atoms with Crippen molar-refractivity contribution in [1.82, 2.24) is 0 Å². The van der Waals surface area contributed by atoms with Crippen LogP contribution in [0.4, 0.5) is 0 Å². The van der Waals surface area contributed by atoms with Crippen molar-refractivity contribution in [2.75, 3.05) is 7.11 Å². The van der Waals surface area contributed by atoms with Gasteiger partial charge in [0.15, 0.2) is 17.6 Å². The van der Waals surface area contributed by atoms with E-state index in [1.165, 1.54) is 27.0 Å². The summed E-state index contributed by atoms with van der Waals surface area (Å²) in [5, 5.41) is 0. The van der Waals surface area contributed by atoms with Crippen molar-refractivity contribution in [3.05, 3.63) is 23.8 Å². The number of ether oxygens (including phenoxy) is 3. The topological polar surface area (TPSA) is 61.8 Å². The normalized spacial score (nSPS) is 10.5. The van der Waals surface area contributed by atoms with Gasteiger partial charge in [-0.3, -0.25) is 9.59 Å². The third-order valence-electron chi connectivity index (χ3n) is 2.18. The standard InChI is InChI=1S/C14H14O5.CH4/c1-5-12(18-9(2)15)11-6-7-13(19-10(3)16)14(8-11)17-4;/h1,6-8,12H,2-4H3;1H4. The molecule has 0 aliphatic rings. The van der Waals surface area contributed by atoms with Crippen LogP contribution in [-0.4, -0.2) is 19.0 Å². The van der Waals surface area contributed by atoms with Gasteiger partial charge in [-0.05, 0) is 12.1 Å². The van der Waals surface area contributed by atoms with Gasteiger partial charge < -0.3 is 14.2 Å². The summed E-state index contributed by atoms with van der Waals surface area (Å²) >= 11 is 0. The third-order valence-corrected chi connectivity index (χ3v) is 2.18. The van der Waals surface area contributed by atoms with E-state index in [0.717, 1.165) is 0 Å². The fourth-order valence-corrected chi connectivity index (χ4v) is 1.45. The summed E-state index contributed by atoms with van der Waals surface area (Å²) in [6.45, 7) is 2.56. The van der Waals surface area contributed by atoms with Crippen molar-refractivity contribution < 1.29 is 23.8 Å². The van der Waals surface area contributed by atoms with Gasteiger partial charge in [-0.2, -0.15) is 0 Å². The van der Waals surface area contributed by atoms with Crippen LogP contribution in [0, 0.1) is 12.3 Å². The van der Waals surface area contributed by atoms with Crippen LogP contribution in [0.25, 0.3) is 0 Å². The molecule has 1 aromatic rings.